The van der Waals surface area contributed by atoms with E-state index in [2.05, 4.69) is 44.0 Å². The molecule has 1 aromatic carbocycles. The van der Waals surface area contributed by atoms with E-state index in [1.165, 1.54) is 11.1 Å². The number of rotatable bonds is 4. The predicted octanol–water partition coefficient (Wildman–Crippen LogP) is 2.50. The lowest BCUT2D eigenvalue weighted by Crippen LogP contribution is -2.50. The summed E-state index contributed by atoms with van der Waals surface area (Å²) in [6.07, 6.45) is 3.08. The second-order valence-corrected chi connectivity index (χ2v) is 6.03. The molecule has 1 fully saturated rings. The molecule has 2 N–H and O–H groups in total. The van der Waals surface area contributed by atoms with Crippen LogP contribution >= 0.6 is 0 Å². The maximum Gasteiger partial charge on any atom is 0.122 e. The van der Waals surface area contributed by atoms with E-state index in [1.54, 1.807) is 0 Å². The lowest BCUT2D eigenvalue weighted by atomic mass is 9.86. The van der Waals surface area contributed by atoms with Crippen molar-refractivity contribution in [1.29, 1.82) is 0 Å². The molecule has 1 aliphatic rings. The summed E-state index contributed by atoms with van der Waals surface area (Å²) in [6.45, 7) is 7.08. The number of benzene rings is 1. The average Bonchev–Trinajstić information content (AvgIpc) is 2.38. The number of nitrogens with zero attached hydrogens (tertiary/aromatic N) is 1. The first-order valence-electron chi connectivity index (χ1n) is 7.16. The number of piperidine rings is 1. The summed E-state index contributed by atoms with van der Waals surface area (Å²) >= 11 is 0. The largest absolute Gasteiger partial charge is 0.493 e. The fraction of sp³-hybridized carbons (Fsp3) is 0.625. The van der Waals surface area contributed by atoms with E-state index >= 15 is 0 Å². The van der Waals surface area contributed by atoms with Crippen molar-refractivity contribution in [2.45, 2.75) is 38.6 Å². The van der Waals surface area contributed by atoms with Crippen LogP contribution in [0.15, 0.2) is 18.2 Å². The maximum absolute atomic E-state index is 6.45. The van der Waals surface area contributed by atoms with Gasteiger partial charge in [0, 0.05) is 5.54 Å². The van der Waals surface area contributed by atoms with Gasteiger partial charge in [-0.15, -0.1) is 0 Å². The molecule has 0 unspecified atom stereocenters. The zero-order valence-electron chi connectivity index (χ0n) is 12.4. The smallest absolute Gasteiger partial charge is 0.122 e. The summed E-state index contributed by atoms with van der Waals surface area (Å²) in [5.41, 5.74) is 8.84. The van der Waals surface area contributed by atoms with Gasteiger partial charge in [-0.2, -0.15) is 0 Å². The van der Waals surface area contributed by atoms with Crippen LogP contribution in [0.4, 0.5) is 0 Å². The zero-order chi connectivity index (χ0) is 13.9. The van der Waals surface area contributed by atoms with Crippen LogP contribution in [0.1, 0.15) is 30.4 Å². The van der Waals surface area contributed by atoms with Crippen molar-refractivity contribution in [2.24, 2.45) is 5.73 Å². The number of hydrogen-bond acceptors (Lipinski definition) is 3. The first-order valence-corrected chi connectivity index (χ1v) is 7.16. The number of nitrogens with two attached hydrogens (primary N) is 1. The summed E-state index contributed by atoms with van der Waals surface area (Å²) in [7, 11) is 2.16. The Hall–Kier alpha value is -1.06. The minimum Gasteiger partial charge on any atom is -0.493 e. The van der Waals surface area contributed by atoms with E-state index in [-0.39, 0.29) is 5.54 Å². The summed E-state index contributed by atoms with van der Waals surface area (Å²) in [5, 5.41) is 0. The molecule has 0 saturated carbocycles. The third kappa shape index (κ3) is 3.95. The van der Waals surface area contributed by atoms with Gasteiger partial charge in [-0.25, -0.2) is 0 Å². The molecule has 2 rings (SSSR count). The molecule has 0 bridgehead atoms. The maximum atomic E-state index is 6.45. The highest BCUT2D eigenvalue weighted by atomic mass is 16.5. The Morgan fingerprint density at radius 2 is 1.95 bits per heavy atom. The second kappa shape index (κ2) is 5.93. The van der Waals surface area contributed by atoms with Gasteiger partial charge in [0.15, 0.2) is 0 Å². The van der Waals surface area contributed by atoms with Crippen molar-refractivity contribution < 1.29 is 4.74 Å². The molecule has 0 aliphatic carbocycles. The zero-order valence-corrected chi connectivity index (χ0v) is 12.4. The fourth-order valence-corrected chi connectivity index (χ4v) is 2.54. The fourth-order valence-electron chi connectivity index (χ4n) is 2.54. The van der Waals surface area contributed by atoms with Crippen molar-refractivity contribution in [3.8, 4) is 5.75 Å². The lowest BCUT2D eigenvalue weighted by Gasteiger charge is -2.37. The predicted molar refractivity (Wildman–Crippen MR) is 79.7 cm³/mol. The molecule has 1 heterocycles. The molecule has 3 nitrogen and oxygen atoms in total. The minimum atomic E-state index is -0.0375. The van der Waals surface area contributed by atoms with Crippen molar-refractivity contribution in [1.82, 2.24) is 4.90 Å². The molecule has 0 atom stereocenters. The topological polar surface area (TPSA) is 38.5 Å². The van der Waals surface area contributed by atoms with Crippen molar-refractivity contribution in [3.05, 3.63) is 29.3 Å². The molecule has 0 aromatic heterocycles. The minimum absolute atomic E-state index is 0.0375. The standard InChI is InChI=1S/C16H26N2O/c1-13-4-5-14(2)15(12-13)19-11-8-16(17)6-9-18(3)10-7-16/h4-5,12H,6-11,17H2,1-3H3. The molecule has 1 aliphatic heterocycles. The lowest BCUT2D eigenvalue weighted by molar-refractivity contribution is 0.159. The number of hydrogen-bond donors (Lipinski definition) is 1. The van der Waals surface area contributed by atoms with E-state index < -0.39 is 0 Å². The number of ether oxygens (including phenoxy) is 1. The number of likely N-dealkylation sites (tertiary alicyclic amines) is 1. The van der Waals surface area contributed by atoms with Gasteiger partial charge in [0.25, 0.3) is 0 Å². The van der Waals surface area contributed by atoms with Gasteiger partial charge < -0.3 is 15.4 Å². The highest BCUT2D eigenvalue weighted by Crippen LogP contribution is 2.24. The third-order valence-corrected chi connectivity index (χ3v) is 4.18. The summed E-state index contributed by atoms with van der Waals surface area (Å²) in [4.78, 5) is 2.34. The first kappa shape index (κ1) is 14.4. The van der Waals surface area contributed by atoms with Crippen LogP contribution in [-0.2, 0) is 0 Å². The van der Waals surface area contributed by atoms with Crippen molar-refractivity contribution >= 4 is 0 Å². The molecular formula is C16H26N2O. The number of aryl methyl sites for hydroxylation is 2. The van der Waals surface area contributed by atoms with Crippen LogP contribution in [-0.4, -0.2) is 37.2 Å². The van der Waals surface area contributed by atoms with Gasteiger partial charge in [-0.3, -0.25) is 0 Å². The second-order valence-electron chi connectivity index (χ2n) is 6.03. The molecule has 0 amide bonds. The van der Waals surface area contributed by atoms with Crippen LogP contribution in [0.3, 0.4) is 0 Å². The van der Waals surface area contributed by atoms with E-state index in [4.69, 9.17) is 10.5 Å². The summed E-state index contributed by atoms with van der Waals surface area (Å²) in [6, 6.07) is 6.33. The van der Waals surface area contributed by atoms with Crippen LogP contribution in [0, 0.1) is 13.8 Å². The van der Waals surface area contributed by atoms with Crippen molar-refractivity contribution in [3.63, 3.8) is 0 Å². The SMILES string of the molecule is Cc1ccc(C)c(OCCC2(N)CCN(C)CC2)c1. The quantitative estimate of drug-likeness (QED) is 0.906. The molecule has 3 heteroatoms. The summed E-state index contributed by atoms with van der Waals surface area (Å²) in [5.74, 6) is 0.997. The van der Waals surface area contributed by atoms with E-state index in [9.17, 15) is 0 Å². The van der Waals surface area contributed by atoms with Crippen LogP contribution in [0.25, 0.3) is 0 Å². The van der Waals surface area contributed by atoms with Crippen LogP contribution in [0.2, 0.25) is 0 Å². The van der Waals surface area contributed by atoms with Gasteiger partial charge in [0.05, 0.1) is 6.61 Å². The van der Waals surface area contributed by atoms with Gasteiger partial charge in [-0.05, 0) is 70.4 Å². The van der Waals surface area contributed by atoms with E-state index in [1.807, 2.05) is 0 Å². The molecular weight excluding hydrogens is 236 g/mol. The highest BCUT2D eigenvalue weighted by Gasteiger charge is 2.29. The molecule has 1 aromatic rings. The Balaban J connectivity index is 1.84. The molecule has 0 radical (unpaired) electrons. The molecule has 106 valence electrons. The Morgan fingerprint density at radius 1 is 1.26 bits per heavy atom. The van der Waals surface area contributed by atoms with Gasteiger partial charge in [0.2, 0.25) is 0 Å². The van der Waals surface area contributed by atoms with E-state index in [0.717, 1.165) is 38.1 Å². The van der Waals surface area contributed by atoms with E-state index in [0.29, 0.717) is 6.61 Å². The Kier molecular flexibility index (Phi) is 4.48. The van der Waals surface area contributed by atoms with Crippen molar-refractivity contribution in [2.75, 3.05) is 26.7 Å². The first-order chi connectivity index (χ1) is 8.98. The van der Waals surface area contributed by atoms with Crippen LogP contribution in [0.5, 0.6) is 5.75 Å². The Labute approximate surface area is 116 Å². The van der Waals surface area contributed by atoms with Crippen LogP contribution < -0.4 is 10.5 Å². The third-order valence-electron chi connectivity index (χ3n) is 4.18. The Bertz CT molecular complexity index is 423. The van der Waals surface area contributed by atoms with Gasteiger partial charge in [-0.1, -0.05) is 12.1 Å². The normalized spacial score (nSPS) is 19.4. The summed E-state index contributed by atoms with van der Waals surface area (Å²) < 4.78 is 5.92. The Morgan fingerprint density at radius 3 is 2.63 bits per heavy atom. The monoisotopic (exact) mass is 262 g/mol. The molecule has 1 saturated heterocycles. The molecule has 0 spiro atoms. The van der Waals surface area contributed by atoms with Gasteiger partial charge >= 0.3 is 0 Å². The molecule has 19 heavy (non-hydrogen) atoms. The van der Waals surface area contributed by atoms with Gasteiger partial charge in [0.1, 0.15) is 5.75 Å². The highest BCUT2D eigenvalue weighted by molar-refractivity contribution is 5.35. The average molecular weight is 262 g/mol.